The molecule has 0 aromatic carbocycles. The van der Waals surface area contributed by atoms with Gasteiger partial charge >= 0.3 is 0 Å². The first-order chi connectivity index (χ1) is 12.1. The first kappa shape index (κ1) is 18.1. The Labute approximate surface area is 149 Å². The van der Waals surface area contributed by atoms with Crippen LogP contribution in [0.5, 0.6) is 0 Å². The number of nitrogens with one attached hydrogen (secondary N) is 1. The first-order valence-electron chi connectivity index (χ1n) is 8.92. The predicted molar refractivity (Wildman–Crippen MR) is 95.3 cm³/mol. The van der Waals surface area contributed by atoms with Crippen LogP contribution in [0.2, 0.25) is 0 Å². The van der Waals surface area contributed by atoms with E-state index < -0.39 is 0 Å². The van der Waals surface area contributed by atoms with Crippen LogP contribution in [0.15, 0.2) is 12.4 Å². The molecule has 3 rings (SSSR count). The average molecular weight is 347 g/mol. The van der Waals surface area contributed by atoms with Gasteiger partial charge in [0.2, 0.25) is 0 Å². The summed E-state index contributed by atoms with van der Waals surface area (Å²) in [6, 6.07) is 0. The molecule has 1 N–H and O–H groups in total. The monoisotopic (exact) mass is 347 g/mol. The second-order valence-electron chi connectivity index (χ2n) is 6.78. The Morgan fingerprint density at radius 3 is 2.96 bits per heavy atom. The van der Waals surface area contributed by atoms with Crippen molar-refractivity contribution in [1.82, 2.24) is 24.9 Å². The molecule has 0 saturated carbocycles. The van der Waals surface area contributed by atoms with E-state index in [0.717, 1.165) is 38.4 Å². The minimum absolute atomic E-state index is 0.144. The summed E-state index contributed by atoms with van der Waals surface area (Å²) in [6.45, 7) is 8.23. The van der Waals surface area contributed by atoms with E-state index in [-0.39, 0.29) is 6.10 Å². The van der Waals surface area contributed by atoms with Crippen LogP contribution < -0.4 is 5.32 Å². The number of hydrogen-bond donors (Lipinski definition) is 1. The molecule has 2 aromatic heterocycles. The van der Waals surface area contributed by atoms with Crippen LogP contribution in [-0.2, 0) is 29.6 Å². The van der Waals surface area contributed by atoms with Gasteiger partial charge in [0.15, 0.2) is 0 Å². The molecule has 25 heavy (non-hydrogen) atoms. The van der Waals surface area contributed by atoms with Gasteiger partial charge in [-0.05, 0) is 20.3 Å². The number of nitrogens with zero attached hydrogens (tertiary/aromatic N) is 4. The fraction of sp³-hybridized carbons (Fsp3) is 0.667. The van der Waals surface area contributed by atoms with Gasteiger partial charge in [0.1, 0.15) is 0 Å². The van der Waals surface area contributed by atoms with Crippen LogP contribution in [0.1, 0.15) is 35.0 Å². The van der Waals surface area contributed by atoms with Crippen LogP contribution in [0.4, 0.5) is 0 Å². The fourth-order valence-corrected chi connectivity index (χ4v) is 3.57. The number of aryl methyl sites for hydroxylation is 2. The highest BCUT2D eigenvalue weighted by atomic mass is 16.5. The summed E-state index contributed by atoms with van der Waals surface area (Å²) >= 11 is 0. The first-order valence-corrected chi connectivity index (χ1v) is 8.92. The largest absolute Gasteiger partial charge is 0.383 e. The molecule has 7 nitrogen and oxygen atoms in total. The zero-order valence-corrected chi connectivity index (χ0v) is 15.7. The third-order valence-electron chi connectivity index (χ3n) is 5.01. The van der Waals surface area contributed by atoms with Gasteiger partial charge < -0.3 is 14.8 Å². The van der Waals surface area contributed by atoms with E-state index in [9.17, 15) is 0 Å². The van der Waals surface area contributed by atoms with Crippen molar-refractivity contribution in [3.8, 4) is 0 Å². The number of hydrogen-bond acceptors (Lipinski definition) is 5. The summed E-state index contributed by atoms with van der Waals surface area (Å²) in [5, 5.41) is 12.5. The Morgan fingerprint density at radius 2 is 2.24 bits per heavy atom. The summed E-state index contributed by atoms with van der Waals surface area (Å²) < 4.78 is 15.0. The number of methoxy groups -OCH3 is 1. The number of aromatic nitrogens is 4. The van der Waals surface area contributed by atoms with Crippen LogP contribution in [0.3, 0.4) is 0 Å². The summed E-state index contributed by atoms with van der Waals surface area (Å²) in [6.07, 6.45) is 5.22. The lowest BCUT2D eigenvalue weighted by Gasteiger charge is -2.19. The quantitative estimate of drug-likeness (QED) is 0.788. The molecular weight excluding hydrogens is 318 g/mol. The summed E-state index contributed by atoms with van der Waals surface area (Å²) in [7, 11) is 3.70. The third-order valence-corrected chi connectivity index (χ3v) is 5.01. The molecule has 138 valence electrons. The van der Waals surface area contributed by atoms with E-state index in [1.54, 1.807) is 7.11 Å². The van der Waals surface area contributed by atoms with E-state index in [0.29, 0.717) is 12.5 Å². The van der Waals surface area contributed by atoms with E-state index in [1.165, 1.54) is 16.8 Å². The normalized spacial score (nSPS) is 20.5. The van der Waals surface area contributed by atoms with Crippen molar-refractivity contribution >= 4 is 0 Å². The second kappa shape index (κ2) is 8.12. The highest BCUT2D eigenvalue weighted by Crippen LogP contribution is 2.37. The lowest BCUT2D eigenvalue weighted by molar-refractivity contribution is 0.0893. The highest BCUT2D eigenvalue weighted by molar-refractivity contribution is 5.28. The predicted octanol–water partition coefficient (Wildman–Crippen LogP) is 1.75. The van der Waals surface area contributed by atoms with Crippen molar-refractivity contribution < 1.29 is 9.47 Å². The lowest BCUT2D eigenvalue weighted by atomic mass is 9.94. The molecule has 2 atom stereocenters. The topological polar surface area (TPSA) is 66.1 Å². The van der Waals surface area contributed by atoms with Crippen LogP contribution in [0, 0.1) is 19.8 Å². The molecule has 0 amide bonds. The van der Waals surface area contributed by atoms with Crippen molar-refractivity contribution in [2.45, 2.75) is 39.5 Å². The van der Waals surface area contributed by atoms with Crippen LogP contribution in [-0.4, -0.2) is 46.4 Å². The van der Waals surface area contributed by atoms with Crippen molar-refractivity contribution in [1.29, 1.82) is 0 Å². The fourth-order valence-electron chi connectivity index (χ4n) is 3.57. The minimum atomic E-state index is 0.144. The Morgan fingerprint density at radius 1 is 1.40 bits per heavy atom. The number of ether oxygens (including phenoxy) is 2. The third kappa shape index (κ3) is 4.11. The van der Waals surface area contributed by atoms with E-state index in [4.69, 9.17) is 9.47 Å². The Kier molecular flexibility index (Phi) is 5.88. The lowest BCUT2D eigenvalue weighted by Crippen LogP contribution is -2.25. The molecular formula is C18H29N5O2. The molecule has 7 heteroatoms. The maximum atomic E-state index is 6.05. The summed E-state index contributed by atoms with van der Waals surface area (Å²) in [5.74, 6) is 0.477. The van der Waals surface area contributed by atoms with Gasteiger partial charge in [0, 0.05) is 62.8 Å². The minimum Gasteiger partial charge on any atom is -0.383 e. The van der Waals surface area contributed by atoms with Crippen molar-refractivity contribution in [3.63, 3.8) is 0 Å². The maximum Gasteiger partial charge on any atom is 0.0901 e. The molecule has 1 fully saturated rings. The average Bonchev–Trinajstić information content (AvgIpc) is 3.28. The summed E-state index contributed by atoms with van der Waals surface area (Å²) in [4.78, 5) is 0. The van der Waals surface area contributed by atoms with Gasteiger partial charge in [-0.3, -0.25) is 9.36 Å². The van der Waals surface area contributed by atoms with Crippen molar-refractivity contribution in [2.75, 3.05) is 26.9 Å². The smallest absolute Gasteiger partial charge is 0.0901 e. The van der Waals surface area contributed by atoms with Crippen molar-refractivity contribution in [3.05, 3.63) is 34.9 Å². The maximum absolute atomic E-state index is 6.05. The zero-order chi connectivity index (χ0) is 17.8. The second-order valence-corrected chi connectivity index (χ2v) is 6.78. The standard InChI is InChI=1S/C18H29N5O2/c1-13-17(14(2)22(3)21-13)18-16(5-7-25-18)11-19-9-15-10-20-23(12-15)6-8-24-4/h10,12,16,18-19H,5-9,11H2,1-4H3/t16-,18+/m0/s1. The van der Waals surface area contributed by atoms with E-state index >= 15 is 0 Å². The SMILES string of the molecule is COCCn1cc(CNC[C@@H]2CCO[C@H]2c2c(C)nn(C)c2C)cn1. The molecule has 0 unspecified atom stereocenters. The summed E-state index contributed by atoms with van der Waals surface area (Å²) in [5.41, 5.74) is 4.74. The molecule has 0 bridgehead atoms. The molecule has 1 aliphatic rings. The van der Waals surface area contributed by atoms with Crippen LogP contribution >= 0.6 is 0 Å². The Balaban J connectivity index is 1.54. The molecule has 0 aliphatic carbocycles. The van der Waals surface area contributed by atoms with E-state index in [2.05, 4.69) is 35.6 Å². The van der Waals surface area contributed by atoms with E-state index in [1.807, 2.05) is 22.6 Å². The van der Waals surface area contributed by atoms with Gasteiger partial charge in [0.25, 0.3) is 0 Å². The molecule has 0 spiro atoms. The van der Waals surface area contributed by atoms with Gasteiger partial charge in [-0.1, -0.05) is 0 Å². The molecule has 2 aromatic rings. The van der Waals surface area contributed by atoms with Crippen LogP contribution in [0.25, 0.3) is 0 Å². The molecule has 3 heterocycles. The van der Waals surface area contributed by atoms with Gasteiger partial charge in [-0.15, -0.1) is 0 Å². The highest BCUT2D eigenvalue weighted by Gasteiger charge is 2.33. The molecule has 1 aliphatic heterocycles. The molecule has 1 saturated heterocycles. The Hall–Kier alpha value is -1.70. The Bertz CT molecular complexity index is 694. The number of rotatable bonds is 8. The van der Waals surface area contributed by atoms with Gasteiger partial charge in [-0.25, -0.2) is 0 Å². The van der Waals surface area contributed by atoms with Gasteiger partial charge in [-0.2, -0.15) is 10.2 Å². The zero-order valence-electron chi connectivity index (χ0n) is 15.7. The molecule has 0 radical (unpaired) electrons. The van der Waals surface area contributed by atoms with Gasteiger partial charge in [0.05, 0.1) is 31.1 Å². The van der Waals surface area contributed by atoms with Crippen molar-refractivity contribution in [2.24, 2.45) is 13.0 Å².